The van der Waals surface area contributed by atoms with Crippen LogP contribution in [0.15, 0.2) is 54.7 Å². The molecule has 2 saturated heterocycles. The second kappa shape index (κ2) is 9.56. The zero-order chi connectivity index (χ0) is 22.8. The third kappa shape index (κ3) is 4.49. The van der Waals surface area contributed by atoms with Crippen LogP contribution in [0.25, 0.3) is 10.9 Å². The number of rotatable bonds is 5. The van der Waals surface area contributed by atoms with E-state index in [1.54, 1.807) is 6.07 Å². The number of benzene rings is 2. The van der Waals surface area contributed by atoms with E-state index in [0.29, 0.717) is 31.9 Å². The molecule has 0 bridgehead atoms. The minimum Gasteiger partial charge on any atom is -0.366 e. The lowest BCUT2D eigenvalue weighted by atomic mass is 9.94. The SMILES string of the molecule is CCn1cc(CN2CCC(C(=O)N3CCN(c4ccccc4F)CC3)CC2)c2ccccc21. The van der Waals surface area contributed by atoms with Gasteiger partial charge in [-0.25, -0.2) is 4.39 Å². The minimum atomic E-state index is -0.188. The molecule has 0 unspecified atom stereocenters. The third-order valence-electron chi connectivity index (χ3n) is 7.33. The van der Waals surface area contributed by atoms with Crippen molar-refractivity contribution in [3.8, 4) is 0 Å². The zero-order valence-corrected chi connectivity index (χ0v) is 19.4. The van der Waals surface area contributed by atoms with Crippen LogP contribution in [0.5, 0.6) is 0 Å². The first-order chi connectivity index (χ1) is 16.1. The van der Waals surface area contributed by atoms with Gasteiger partial charge in [-0.2, -0.15) is 0 Å². The first-order valence-corrected chi connectivity index (χ1v) is 12.2. The normalized spacial score (nSPS) is 18.2. The van der Waals surface area contributed by atoms with Crippen LogP contribution >= 0.6 is 0 Å². The Morgan fingerprint density at radius 2 is 1.64 bits per heavy atom. The Bertz CT molecular complexity index is 1110. The summed E-state index contributed by atoms with van der Waals surface area (Å²) in [6, 6.07) is 15.5. The Hall–Kier alpha value is -2.86. The molecule has 0 N–H and O–H groups in total. The van der Waals surface area contributed by atoms with Crippen molar-refractivity contribution in [1.82, 2.24) is 14.4 Å². The van der Waals surface area contributed by atoms with Gasteiger partial charge >= 0.3 is 0 Å². The number of anilines is 1. The fourth-order valence-corrected chi connectivity index (χ4v) is 5.42. The molecule has 1 amide bonds. The van der Waals surface area contributed by atoms with Crippen LogP contribution < -0.4 is 4.90 Å². The van der Waals surface area contributed by atoms with Crippen molar-refractivity contribution in [3.05, 3.63) is 66.1 Å². The van der Waals surface area contributed by atoms with Crippen LogP contribution in [0, 0.1) is 11.7 Å². The van der Waals surface area contributed by atoms with E-state index < -0.39 is 0 Å². The summed E-state index contributed by atoms with van der Waals surface area (Å²) in [5.41, 5.74) is 3.32. The summed E-state index contributed by atoms with van der Waals surface area (Å²) in [6.45, 7) is 8.72. The number of piperidine rings is 1. The molecular formula is C27H33FN4O. The molecule has 2 aliphatic heterocycles. The first kappa shape index (κ1) is 22.0. The van der Waals surface area contributed by atoms with E-state index in [2.05, 4.69) is 51.8 Å². The molecule has 5 nitrogen and oxygen atoms in total. The molecule has 0 radical (unpaired) electrons. The van der Waals surface area contributed by atoms with Gasteiger partial charge in [-0.05, 0) is 56.6 Å². The predicted octanol–water partition coefficient (Wildman–Crippen LogP) is 4.36. The molecular weight excluding hydrogens is 415 g/mol. The lowest BCUT2D eigenvalue weighted by molar-refractivity contribution is -0.137. The van der Waals surface area contributed by atoms with Gasteiger partial charge in [0.15, 0.2) is 0 Å². The van der Waals surface area contributed by atoms with Gasteiger partial charge in [0.05, 0.1) is 5.69 Å². The molecule has 0 saturated carbocycles. The van der Waals surface area contributed by atoms with Crippen molar-refractivity contribution in [3.63, 3.8) is 0 Å². The Labute approximate surface area is 195 Å². The van der Waals surface area contributed by atoms with Gasteiger partial charge in [0.25, 0.3) is 0 Å². The Morgan fingerprint density at radius 1 is 0.939 bits per heavy atom. The number of amides is 1. The van der Waals surface area contributed by atoms with Gasteiger partial charge in [-0.15, -0.1) is 0 Å². The highest BCUT2D eigenvalue weighted by atomic mass is 19.1. The topological polar surface area (TPSA) is 31.7 Å². The van der Waals surface area contributed by atoms with Crippen molar-refractivity contribution >= 4 is 22.5 Å². The van der Waals surface area contributed by atoms with E-state index in [1.807, 2.05) is 17.0 Å². The van der Waals surface area contributed by atoms with Gasteiger partial charge in [-0.3, -0.25) is 9.69 Å². The molecule has 0 spiro atoms. The highest BCUT2D eigenvalue weighted by Crippen LogP contribution is 2.27. The maximum absolute atomic E-state index is 14.1. The summed E-state index contributed by atoms with van der Waals surface area (Å²) in [4.78, 5) is 19.7. The summed E-state index contributed by atoms with van der Waals surface area (Å²) in [7, 11) is 0. The number of hydrogen-bond donors (Lipinski definition) is 0. The average molecular weight is 449 g/mol. The molecule has 2 aromatic carbocycles. The lowest BCUT2D eigenvalue weighted by Crippen LogP contribution is -2.51. The molecule has 174 valence electrons. The van der Waals surface area contributed by atoms with Gasteiger partial charge < -0.3 is 14.4 Å². The molecule has 2 fully saturated rings. The molecule has 33 heavy (non-hydrogen) atoms. The second-order valence-electron chi connectivity index (χ2n) is 9.27. The number of carbonyl (C=O) groups excluding carboxylic acids is 1. The van der Waals surface area contributed by atoms with Crippen molar-refractivity contribution < 1.29 is 9.18 Å². The summed E-state index contributed by atoms with van der Waals surface area (Å²) in [6.07, 6.45) is 4.12. The molecule has 5 rings (SSSR count). The third-order valence-corrected chi connectivity index (χ3v) is 7.33. The number of nitrogens with zero attached hydrogens (tertiary/aromatic N) is 4. The van der Waals surface area contributed by atoms with Crippen molar-refractivity contribution in [1.29, 1.82) is 0 Å². The molecule has 6 heteroatoms. The summed E-state index contributed by atoms with van der Waals surface area (Å²) < 4.78 is 16.4. The molecule has 3 heterocycles. The first-order valence-electron chi connectivity index (χ1n) is 12.2. The lowest BCUT2D eigenvalue weighted by Gasteiger charge is -2.39. The van der Waals surface area contributed by atoms with Crippen LogP contribution in [0.3, 0.4) is 0 Å². The molecule has 1 aromatic heterocycles. The number of halogens is 1. The summed E-state index contributed by atoms with van der Waals surface area (Å²) in [5.74, 6) is 0.204. The van der Waals surface area contributed by atoms with Crippen LogP contribution in [0.4, 0.5) is 10.1 Å². The number of aromatic nitrogens is 1. The number of carbonyl (C=O) groups is 1. The number of para-hydroxylation sites is 2. The standard InChI is InChI=1S/C27H33FN4O/c1-2-30-20-22(23-7-3-5-9-25(23)30)19-29-13-11-21(12-14-29)27(33)32-17-15-31(16-18-32)26-10-6-4-8-24(26)28/h3-10,20-21H,2,11-19H2,1H3. The van der Waals surface area contributed by atoms with Crippen LogP contribution in [-0.4, -0.2) is 59.5 Å². The van der Waals surface area contributed by atoms with E-state index in [1.165, 1.54) is 22.5 Å². The summed E-state index contributed by atoms with van der Waals surface area (Å²) in [5, 5.41) is 1.34. The smallest absolute Gasteiger partial charge is 0.225 e. The molecule has 3 aromatic rings. The number of fused-ring (bicyclic) bond motifs is 1. The minimum absolute atomic E-state index is 0.109. The molecule has 0 atom stereocenters. The van der Waals surface area contributed by atoms with E-state index >= 15 is 0 Å². The molecule has 2 aliphatic rings. The van der Waals surface area contributed by atoms with E-state index in [4.69, 9.17) is 0 Å². The fourth-order valence-electron chi connectivity index (χ4n) is 5.42. The number of hydrogen-bond acceptors (Lipinski definition) is 3. The van der Waals surface area contributed by atoms with Crippen molar-refractivity contribution in [2.75, 3.05) is 44.2 Å². The van der Waals surface area contributed by atoms with E-state index in [0.717, 1.165) is 39.0 Å². The van der Waals surface area contributed by atoms with E-state index in [-0.39, 0.29) is 17.6 Å². The number of aryl methyl sites for hydroxylation is 1. The maximum atomic E-state index is 14.1. The van der Waals surface area contributed by atoms with Crippen LogP contribution in [0.1, 0.15) is 25.3 Å². The van der Waals surface area contributed by atoms with Gasteiger partial charge in [0.1, 0.15) is 5.82 Å². The van der Waals surface area contributed by atoms with Gasteiger partial charge in [0.2, 0.25) is 5.91 Å². The second-order valence-corrected chi connectivity index (χ2v) is 9.27. The Kier molecular flexibility index (Phi) is 6.36. The van der Waals surface area contributed by atoms with Crippen molar-refractivity contribution in [2.24, 2.45) is 5.92 Å². The average Bonchev–Trinajstić information content (AvgIpc) is 3.22. The number of likely N-dealkylation sites (tertiary alicyclic amines) is 1. The molecule has 0 aliphatic carbocycles. The zero-order valence-electron chi connectivity index (χ0n) is 19.4. The van der Waals surface area contributed by atoms with Gasteiger partial charge in [0, 0.05) is 62.3 Å². The fraction of sp³-hybridized carbons (Fsp3) is 0.444. The number of piperazine rings is 1. The Balaban J connectivity index is 1.14. The van der Waals surface area contributed by atoms with Crippen LogP contribution in [0.2, 0.25) is 0 Å². The highest BCUT2D eigenvalue weighted by Gasteiger charge is 2.31. The quantitative estimate of drug-likeness (QED) is 0.581. The van der Waals surface area contributed by atoms with E-state index in [9.17, 15) is 9.18 Å². The summed E-state index contributed by atoms with van der Waals surface area (Å²) >= 11 is 0. The predicted molar refractivity (Wildman–Crippen MR) is 131 cm³/mol. The van der Waals surface area contributed by atoms with Crippen LogP contribution in [-0.2, 0) is 17.9 Å². The Morgan fingerprint density at radius 3 is 2.36 bits per heavy atom. The maximum Gasteiger partial charge on any atom is 0.225 e. The highest BCUT2D eigenvalue weighted by molar-refractivity contribution is 5.84. The largest absolute Gasteiger partial charge is 0.366 e. The van der Waals surface area contributed by atoms with Crippen molar-refractivity contribution in [2.45, 2.75) is 32.9 Å². The monoisotopic (exact) mass is 448 g/mol. The van der Waals surface area contributed by atoms with Gasteiger partial charge in [-0.1, -0.05) is 30.3 Å².